The monoisotopic (exact) mass is 441 g/mol. The van der Waals surface area contributed by atoms with E-state index in [4.69, 9.17) is 9.15 Å². The molecule has 0 saturated carbocycles. The van der Waals surface area contributed by atoms with Gasteiger partial charge in [-0.15, -0.1) is 0 Å². The number of rotatable bonds is 7. The molecule has 2 aromatic carbocycles. The summed E-state index contributed by atoms with van der Waals surface area (Å²) in [6.07, 6.45) is 0.455. The molecule has 0 spiro atoms. The number of nitrogens with zero attached hydrogens (tertiary/aromatic N) is 1. The van der Waals surface area contributed by atoms with Crippen LogP contribution in [0.4, 0.5) is 0 Å². The lowest BCUT2D eigenvalue weighted by molar-refractivity contribution is 0.0638. The molecule has 1 aliphatic rings. The van der Waals surface area contributed by atoms with Crippen molar-refractivity contribution in [3.8, 4) is 5.75 Å². The molecular formula is C24H27NO5S. The third kappa shape index (κ3) is 4.77. The normalized spacial score (nSPS) is 17.8. The van der Waals surface area contributed by atoms with Crippen molar-refractivity contribution >= 4 is 26.7 Å². The highest BCUT2D eigenvalue weighted by Gasteiger charge is 2.37. The van der Waals surface area contributed by atoms with E-state index in [1.54, 1.807) is 4.90 Å². The number of amides is 1. The number of furan rings is 1. The summed E-state index contributed by atoms with van der Waals surface area (Å²) in [6, 6.07) is 16.6. The predicted octanol–water partition coefficient (Wildman–Crippen LogP) is 4.30. The Balaban J connectivity index is 1.69. The van der Waals surface area contributed by atoms with Crippen molar-refractivity contribution in [2.75, 3.05) is 18.1 Å². The smallest absolute Gasteiger partial charge is 0.290 e. The molecule has 1 unspecified atom stereocenters. The molecule has 4 rings (SSSR count). The third-order valence-electron chi connectivity index (χ3n) is 5.49. The zero-order valence-corrected chi connectivity index (χ0v) is 18.6. The summed E-state index contributed by atoms with van der Waals surface area (Å²) in [4.78, 5) is 15.3. The maximum Gasteiger partial charge on any atom is 0.290 e. The van der Waals surface area contributed by atoms with Gasteiger partial charge < -0.3 is 14.1 Å². The van der Waals surface area contributed by atoms with E-state index in [-0.39, 0.29) is 41.7 Å². The van der Waals surface area contributed by atoms with Crippen molar-refractivity contribution in [3.63, 3.8) is 0 Å². The number of hydrogen-bond donors (Lipinski definition) is 0. The van der Waals surface area contributed by atoms with Gasteiger partial charge in [0.05, 0.1) is 11.5 Å². The molecule has 0 radical (unpaired) electrons. The SMILES string of the molecule is CC(C)CN(C(=O)c1oc2ccccc2c1COc1ccccc1)C1CCS(=O)(=O)C1. The van der Waals surface area contributed by atoms with Gasteiger partial charge in [-0.05, 0) is 30.5 Å². The van der Waals surface area contributed by atoms with Gasteiger partial charge in [0.1, 0.15) is 17.9 Å². The molecular weight excluding hydrogens is 414 g/mol. The zero-order chi connectivity index (χ0) is 22.0. The molecule has 0 N–H and O–H groups in total. The number of carbonyl (C=O) groups excluding carboxylic acids is 1. The highest BCUT2D eigenvalue weighted by atomic mass is 32.2. The van der Waals surface area contributed by atoms with Crippen LogP contribution in [-0.4, -0.2) is 43.3 Å². The molecule has 1 amide bonds. The summed E-state index contributed by atoms with van der Waals surface area (Å²) in [5.74, 6) is 0.957. The first-order chi connectivity index (χ1) is 14.8. The Morgan fingerprint density at radius 1 is 1.13 bits per heavy atom. The minimum absolute atomic E-state index is 0.00152. The van der Waals surface area contributed by atoms with E-state index in [1.165, 1.54) is 0 Å². The van der Waals surface area contributed by atoms with Gasteiger partial charge in [0, 0.05) is 23.5 Å². The Morgan fingerprint density at radius 2 is 1.84 bits per heavy atom. The van der Waals surface area contributed by atoms with Crippen LogP contribution in [0.2, 0.25) is 0 Å². The fraction of sp³-hybridized carbons (Fsp3) is 0.375. The van der Waals surface area contributed by atoms with Crippen LogP contribution in [0.15, 0.2) is 59.0 Å². The zero-order valence-electron chi connectivity index (χ0n) is 17.8. The summed E-state index contributed by atoms with van der Waals surface area (Å²) in [7, 11) is -3.12. The van der Waals surface area contributed by atoms with E-state index in [2.05, 4.69) is 0 Å². The first-order valence-corrected chi connectivity index (χ1v) is 12.4. The standard InChI is InChI=1S/C24H27NO5S/c1-17(2)14-25(18-12-13-31(27,28)16-18)24(26)23-21(15-29-19-8-4-3-5-9-19)20-10-6-7-11-22(20)30-23/h3-11,17-18H,12-16H2,1-2H3. The van der Waals surface area contributed by atoms with Gasteiger partial charge in [0.15, 0.2) is 15.6 Å². The van der Waals surface area contributed by atoms with Crippen molar-refractivity contribution < 1.29 is 22.4 Å². The molecule has 6 nitrogen and oxygen atoms in total. The summed E-state index contributed by atoms with van der Waals surface area (Å²) in [6.45, 7) is 4.68. The van der Waals surface area contributed by atoms with E-state index >= 15 is 0 Å². The maximum atomic E-state index is 13.7. The second-order valence-corrected chi connectivity index (χ2v) is 10.6. The molecule has 1 fully saturated rings. The predicted molar refractivity (Wildman–Crippen MR) is 120 cm³/mol. The quantitative estimate of drug-likeness (QED) is 0.546. The number of fused-ring (bicyclic) bond motifs is 1. The minimum atomic E-state index is -3.12. The van der Waals surface area contributed by atoms with Gasteiger partial charge in [-0.2, -0.15) is 0 Å². The molecule has 0 aliphatic carbocycles. The van der Waals surface area contributed by atoms with Crippen LogP contribution in [0, 0.1) is 5.92 Å². The lowest BCUT2D eigenvalue weighted by atomic mass is 10.1. The van der Waals surface area contributed by atoms with Crippen LogP contribution in [0.1, 0.15) is 36.4 Å². The lowest BCUT2D eigenvalue weighted by Gasteiger charge is -2.29. The highest BCUT2D eigenvalue weighted by molar-refractivity contribution is 7.91. The molecule has 3 aromatic rings. The van der Waals surface area contributed by atoms with Crippen molar-refractivity contribution in [3.05, 3.63) is 65.9 Å². The van der Waals surface area contributed by atoms with Crippen molar-refractivity contribution in [1.29, 1.82) is 0 Å². The number of sulfone groups is 1. The molecule has 7 heteroatoms. The molecule has 1 aromatic heterocycles. The Labute approximate surface area is 182 Å². The van der Waals surface area contributed by atoms with Crippen molar-refractivity contribution in [2.45, 2.75) is 32.9 Å². The summed E-state index contributed by atoms with van der Waals surface area (Å²) < 4.78 is 36.1. The minimum Gasteiger partial charge on any atom is -0.489 e. The first-order valence-electron chi connectivity index (χ1n) is 10.5. The van der Waals surface area contributed by atoms with E-state index in [9.17, 15) is 13.2 Å². The average Bonchev–Trinajstić information content (AvgIpc) is 3.30. The second kappa shape index (κ2) is 8.75. The Kier molecular flexibility index (Phi) is 6.05. The Bertz CT molecular complexity index is 1170. The molecule has 31 heavy (non-hydrogen) atoms. The van der Waals surface area contributed by atoms with Crippen LogP contribution in [0.25, 0.3) is 11.0 Å². The van der Waals surface area contributed by atoms with Crippen LogP contribution in [0.3, 0.4) is 0 Å². The van der Waals surface area contributed by atoms with Crippen molar-refractivity contribution in [2.24, 2.45) is 5.92 Å². The van der Waals surface area contributed by atoms with Gasteiger partial charge in [0.2, 0.25) is 0 Å². The molecule has 1 saturated heterocycles. The maximum absolute atomic E-state index is 13.7. The largest absolute Gasteiger partial charge is 0.489 e. The third-order valence-corrected chi connectivity index (χ3v) is 7.24. The van der Waals surface area contributed by atoms with E-state index in [1.807, 2.05) is 68.4 Å². The van der Waals surface area contributed by atoms with Crippen LogP contribution in [0.5, 0.6) is 5.75 Å². The Morgan fingerprint density at radius 3 is 2.52 bits per heavy atom. The highest BCUT2D eigenvalue weighted by Crippen LogP contribution is 2.30. The molecule has 0 bridgehead atoms. The van der Waals surface area contributed by atoms with Gasteiger partial charge in [0.25, 0.3) is 5.91 Å². The van der Waals surface area contributed by atoms with E-state index in [0.717, 1.165) is 5.39 Å². The van der Waals surface area contributed by atoms with Gasteiger partial charge >= 0.3 is 0 Å². The summed E-state index contributed by atoms with van der Waals surface area (Å²) in [5, 5.41) is 0.824. The molecule has 164 valence electrons. The topological polar surface area (TPSA) is 76.8 Å². The molecule has 2 heterocycles. The number of ether oxygens (including phenoxy) is 1. The fourth-order valence-corrected chi connectivity index (χ4v) is 5.76. The van der Waals surface area contributed by atoms with Crippen LogP contribution < -0.4 is 4.74 Å². The number of carbonyl (C=O) groups is 1. The van der Waals surface area contributed by atoms with Gasteiger partial charge in [-0.1, -0.05) is 50.2 Å². The van der Waals surface area contributed by atoms with Crippen LogP contribution >= 0.6 is 0 Å². The Hall–Kier alpha value is -2.80. The van der Waals surface area contributed by atoms with Crippen molar-refractivity contribution in [1.82, 2.24) is 4.90 Å². The van der Waals surface area contributed by atoms with E-state index < -0.39 is 9.84 Å². The number of hydrogen-bond acceptors (Lipinski definition) is 5. The number of benzene rings is 2. The summed E-state index contributed by atoms with van der Waals surface area (Å²) in [5.41, 5.74) is 1.29. The average molecular weight is 442 g/mol. The molecule has 1 aliphatic heterocycles. The van der Waals surface area contributed by atoms with E-state index in [0.29, 0.717) is 29.9 Å². The lowest BCUT2D eigenvalue weighted by Crippen LogP contribution is -2.43. The van der Waals surface area contributed by atoms with Crippen LogP contribution in [-0.2, 0) is 16.4 Å². The first kappa shape index (κ1) is 21.4. The second-order valence-electron chi connectivity index (χ2n) is 8.42. The molecule has 1 atom stereocenters. The van der Waals surface area contributed by atoms with Gasteiger partial charge in [-0.3, -0.25) is 4.79 Å². The fourth-order valence-electron chi connectivity index (χ4n) is 4.03. The van der Waals surface area contributed by atoms with Gasteiger partial charge in [-0.25, -0.2) is 8.42 Å². The summed E-state index contributed by atoms with van der Waals surface area (Å²) >= 11 is 0. The number of para-hydroxylation sites is 2.